The molecule has 0 unspecified atom stereocenters. The van der Waals surface area contributed by atoms with E-state index < -0.39 is 10.0 Å². The third kappa shape index (κ3) is 2.92. The zero-order valence-corrected chi connectivity index (χ0v) is 14.7. The summed E-state index contributed by atoms with van der Waals surface area (Å²) in [5, 5.41) is 7.36. The molecule has 7 nitrogen and oxygen atoms in total. The topological polar surface area (TPSA) is 80.1 Å². The molecule has 1 aliphatic heterocycles. The average Bonchev–Trinajstić information content (AvgIpc) is 3.03. The summed E-state index contributed by atoms with van der Waals surface area (Å²) in [7, 11) is -1.56. The number of benzene rings is 1. The maximum Gasteiger partial charge on any atom is 0.243 e. The predicted molar refractivity (Wildman–Crippen MR) is 95.6 cm³/mol. The van der Waals surface area contributed by atoms with E-state index >= 15 is 0 Å². The number of hydrogen-bond donors (Lipinski definition) is 1. The van der Waals surface area contributed by atoms with Crippen LogP contribution in [0, 0.1) is 0 Å². The molecule has 3 aromatic rings. The Labute approximate surface area is 146 Å². The molecule has 0 aliphatic carbocycles. The lowest BCUT2D eigenvalue weighted by atomic mass is 10.1. The molecular formula is C17H19N5O2S. The number of hydrogen-bond acceptors (Lipinski definition) is 5. The summed E-state index contributed by atoms with van der Waals surface area (Å²) >= 11 is 0. The summed E-state index contributed by atoms with van der Waals surface area (Å²) in [6, 6.07) is 9.00. The number of rotatable bonds is 3. The van der Waals surface area contributed by atoms with Crippen molar-refractivity contribution in [2.24, 2.45) is 7.05 Å². The molecule has 25 heavy (non-hydrogen) atoms. The van der Waals surface area contributed by atoms with E-state index in [0.29, 0.717) is 31.1 Å². The minimum atomic E-state index is -3.43. The number of nitrogens with one attached hydrogen (secondary N) is 1. The second-order valence-electron chi connectivity index (χ2n) is 6.07. The van der Waals surface area contributed by atoms with Crippen LogP contribution in [0.5, 0.6) is 0 Å². The Morgan fingerprint density at radius 1 is 1.04 bits per heavy atom. The normalized spacial score (nSPS) is 16.4. The molecule has 1 aromatic carbocycles. The van der Waals surface area contributed by atoms with Crippen LogP contribution in [0.4, 0.5) is 0 Å². The molecule has 0 atom stereocenters. The van der Waals surface area contributed by atoms with E-state index in [9.17, 15) is 8.42 Å². The SMILES string of the molecule is Cn1ncc2ncc(-c3ccc(S(=O)(=O)N4CCNCC4)cc3)cc21. The Bertz CT molecular complexity index is 1010. The Morgan fingerprint density at radius 3 is 2.48 bits per heavy atom. The quantitative estimate of drug-likeness (QED) is 0.763. The first kappa shape index (κ1) is 16.2. The molecule has 0 amide bonds. The Kier molecular flexibility index (Phi) is 4.03. The molecule has 130 valence electrons. The fourth-order valence-corrected chi connectivity index (χ4v) is 4.48. The first-order valence-electron chi connectivity index (χ1n) is 8.15. The van der Waals surface area contributed by atoms with Crippen LogP contribution in [0.3, 0.4) is 0 Å². The fourth-order valence-electron chi connectivity index (χ4n) is 3.04. The van der Waals surface area contributed by atoms with Gasteiger partial charge in [-0.25, -0.2) is 8.42 Å². The molecule has 0 saturated carbocycles. The second-order valence-corrected chi connectivity index (χ2v) is 8.01. The first-order valence-corrected chi connectivity index (χ1v) is 9.59. The monoisotopic (exact) mass is 357 g/mol. The van der Waals surface area contributed by atoms with E-state index in [1.165, 1.54) is 4.31 Å². The van der Waals surface area contributed by atoms with Gasteiger partial charge in [-0.05, 0) is 23.8 Å². The number of nitrogens with zero attached hydrogens (tertiary/aromatic N) is 4. The van der Waals surface area contributed by atoms with Crippen molar-refractivity contribution in [3.05, 3.63) is 42.7 Å². The number of sulfonamides is 1. The lowest BCUT2D eigenvalue weighted by molar-refractivity contribution is 0.360. The second kappa shape index (κ2) is 6.21. The first-order chi connectivity index (χ1) is 12.1. The van der Waals surface area contributed by atoms with Gasteiger partial charge in [0.1, 0.15) is 5.52 Å². The van der Waals surface area contributed by atoms with Crippen LogP contribution >= 0.6 is 0 Å². The molecule has 0 spiro atoms. The van der Waals surface area contributed by atoms with Gasteiger partial charge in [-0.15, -0.1) is 0 Å². The van der Waals surface area contributed by atoms with Crippen molar-refractivity contribution < 1.29 is 8.42 Å². The van der Waals surface area contributed by atoms with E-state index in [0.717, 1.165) is 22.2 Å². The number of aryl methyl sites for hydroxylation is 1. The van der Waals surface area contributed by atoms with Crippen molar-refractivity contribution in [2.75, 3.05) is 26.2 Å². The van der Waals surface area contributed by atoms with Crippen LogP contribution in [0.2, 0.25) is 0 Å². The van der Waals surface area contributed by atoms with Gasteiger partial charge in [0.2, 0.25) is 10.0 Å². The van der Waals surface area contributed by atoms with Gasteiger partial charge < -0.3 is 5.32 Å². The number of fused-ring (bicyclic) bond motifs is 1. The highest BCUT2D eigenvalue weighted by Gasteiger charge is 2.25. The van der Waals surface area contributed by atoms with Crippen molar-refractivity contribution in [3.63, 3.8) is 0 Å². The maximum absolute atomic E-state index is 12.7. The molecule has 1 saturated heterocycles. The van der Waals surface area contributed by atoms with Gasteiger partial charge in [0, 0.05) is 45.0 Å². The van der Waals surface area contributed by atoms with E-state index in [4.69, 9.17) is 0 Å². The third-order valence-electron chi connectivity index (χ3n) is 4.50. The molecule has 3 heterocycles. The van der Waals surface area contributed by atoms with Crippen molar-refractivity contribution in [2.45, 2.75) is 4.90 Å². The number of piperazine rings is 1. The van der Waals surface area contributed by atoms with Crippen molar-refractivity contribution in [3.8, 4) is 11.1 Å². The van der Waals surface area contributed by atoms with E-state index in [1.54, 1.807) is 29.2 Å². The van der Waals surface area contributed by atoms with Crippen LogP contribution in [0.25, 0.3) is 22.2 Å². The summed E-state index contributed by atoms with van der Waals surface area (Å²) in [6.45, 7) is 2.39. The standard InChI is InChI=1S/C17H19N5O2S/c1-21-17-10-14(11-19-16(17)12-20-21)13-2-4-15(5-3-13)25(23,24)22-8-6-18-7-9-22/h2-5,10-12,18H,6-9H2,1H3. The molecule has 8 heteroatoms. The number of aromatic nitrogens is 3. The largest absolute Gasteiger partial charge is 0.314 e. The molecule has 0 radical (unpaired) electrons. The zero-order valence-electron chi connectivity index (χ0n) is 13.9. The van der Waals surface area contributed by atoms with Crippen molar-refractivity contribution in [1.82, 2.24) is 24.4 Å². The Morgan fingerprint density at radius 2 is 1.76 bits per heavy atom. The summed E-state index contributed by atoms with van der Waals surface area (Å²) in [5.41, 5.74) is 3.64. The molecule has 1 N–H and O–H groups in total. The van der Waals surface area contributed by atoms with Crippen LogP contribution in [-0.2, 0) is 17.1 Å². The minimum absolute atomic E-state index is 0.327. The molecule has 0 bridgehead atoms. The lowest BCUT2D eigenvalue weighted by Gasteiger charge is -2.26. The Hall–Kier alpha value is -2.29. The van der Waals surface area contributed by atoms with Gasteiger partial charge in [0.25, 0.3) is 0 Å². The van der Waals surface area contributed by atoms with E-state index in [2.05, 4.69) is 15.4 Å². The third-order valence-corrected chi connectivity index (χ3v) is 6.41. The molecule has 1 aliphatic rings. The molecular weight excluding hydrogens is 338 g/mol. The van der Waals surface area contributed by atoms with Gasteiger partial charge in [-0.2, -0.15) is 9.40 Å². The van der Waals surface area contributed by atoms with Gasteiger partial charge in [-0.1, -0.05) is 12.1 Å². The summed E-state index contributed by atoms with van der Waals surface area (Å²) in [5.74, 6) is 0. The predicted octanol–water partition coefficient (Wildman–Crippen LogP) is 1.23. The molecule has 2 aromatic heterocycles. The molecule has 1 fully saturated rings. The summed E-state index contributed by atoms with van der Waals surface area (Å²) < 4.78 is 28.7. The lowest BCUT2D eigenvalue weighted by Crippen LogP contribution is -2.46. The maximum atomic E-state index is 12.7. The van der Waals surface area contributed by atoms with E-state index in [1.807, 2.05) is 25.2 Å². The highest BCUT2D eigenvalue weighted by molar-refractivity contribution is 7.89. The minimum Gasteiger partial charge on any atom is -0.314 e. The fraction of sp³-hybridized carbons (Fsp3) is 0.294. The van der Waals surface area contributed by atoms with Gasteiger partial charge in [0.05, 0.1) is 16.6 Å². The summed E-state index contributed by atoms with van der Waals surface area (Å²) in [4.78, 5) is 4.73. The highest BCUT2D eigenvalue weighted by atomic mass is 32.2. The van der Waals surface area contributed by atoms with Crippen LogP contribution in [0.15, 0.2) is 47.6 Å². The van der Waals surface area contributed by atoms with Crippen LogP contribution in [0.1, 0.15) is 0 Å². The summed E-state index contributed by atoms with van der Waals surface area (Å²) in [6.07, 6.45) is 3.51. The smallest absolute Gasteiger partial charge is 0.243 e. The van der Waals surface area contributed by atoms with Gasteiger partial charge in [-0.3, -0.25) is 9.67 Å². The van der Waals surface area contributed by atoms with Crippen LogP contribution < -0.4 is 5.32 Å². The zero-order chi connectivity index (χ0) is 17.4. The van der Waals surface area contributed by atoms with Crippen LogP contribution in [-0.4, -0.2) is 53.7 Å². The van der Waals surface area contributed by atoms with Gasteiger partial charge >= 0.3 is 0 Å². The number of pyridine rings is 1. The Balaban J connectivity index is 1.65. The van der Waals surface area contributed by atoms with Crippen molar-refractivity contribution in [1.29, 1.82) is 0 Å². The van der Waals surface area contributed by atoms with Crippen molar-refractivity contribution >= 4 is 21.1 Å². The average molecular weight is 357 g/mol. The van der Waals surface area contributed by atoms with Gasteiger partial charge in [0.15, 0.2) is 0 Å². The van der Waals surface area contributed by atoms with E-state index in [-0.39, 0.29) is 0 Å². The molecule has 4 rings (SSSR count). The highest BCUT2D eigenvalue weighted by Crippen LogP contribution is 2.25.